The lowest BCUT2D eigenvalue weighted by molar-refractivity contribution is 0.0799. The van der Waals surface area contributed by atoms with Crippen LogP contribution in [0.25, 0.3) is 0 Å². The molecule has 1 aromatic rings. The van der Waals surface area contributed by atoms with Gasteiger partial charge in [0.25, 0.3) is 5.89 Å². The molecule has 0 amide bonds. The zero-order valence-electron chi connectivity index (χ0n) is 9.39. The molecule has 1 aliphatic heterocycles. The Bertz CT molecular complexity index is 319. The molecular formula is C10H17N3O3. The average Bonchev–Trinajstić information content (AvgIpc) is 2.81. The van der Waals surface area contributed by atoms with Crippen molar-refractivity contribution in [1.29, 1.82) is 0 Å². The van der Waals surface area contributed by atoms with Crippen molar-refractivity contribution in [3.63, 3.8) is 0 Å². The average molecular weight is 227 g/mol. The molecule has 0 aromatic carbocycles. The number of hydrogen-bond donors (Lipinski definition) is 1. The number of methoxy groups -OCH3 is 1. The Labute approximate surface area is 94.1 Å². The summed E-state index contributed by atoms with van der Waals surface area (Å²) in [5.74, 6) is 1.54. The number of rotatable bonds is 4. The van der Waals surface area contributed by atoms with E-state index in [4.69, 9.17) is 19.7 Å². The molecule has 90 valence electrons. The first kappa shape index (κ1) is 11.5. The summed E-state index contributed by atoms with van der Waals surface area (Å²) in [6.07, 6.45) is 1.58. The first-order valence-corrected chi connectivity index (χ1v) is 5.49. The third-order valence-corrected chi connectivity index (χ3v) is 2.82. The van der Waals surface area contributed by atoms with Crippen molar-refractivity contribution in [2.75, 3.05) is 26.9 Å². The van der Waals surface area contributed by atoms with E-state index in [-0.39, 0.29) is 6.10 Å². The third kappa shape index (κ3) is 2.40. The maximum Gasteiger partial charge on any atom is 0.257 e. The maximum absolute atomic E-state index is 5.53. The Balaban J connectivity index is 2.05. The van der Waals surface area contributed by atoms with Crippen molar-refractivity contribution in [3.8, 4) is 0 Å². The lowest BCUT2D eigenvalue weighted by atomic mass is 10.00. The Morgan fingerprint density at radius 2 is 2.25 bits per heavy atom. The largest absolute Gasteiger partial charge is 0.381 e. The van der Waals surface area contributed by atoms with Crippen LogP contribution in [0.4, 0.5) is 0 Å². The highest BCUT2D eigenvalue weighted by Crippen LogP contribution is 2.25. The highest BCUT2D eigenvalue weighted by molar-refractivity contribution is 4.98. The van der Waals surface area contributed by atoms with Gasteiger partial charge < -0.3 is 19.7 Å². The summed E-state index contributed by atoms with van der Waals surface area (Å²) in [7, 11) is 1.58. The second-order valence-corrected chi connectivity index (χ2v) is 3.84. The highest BCUT2D eigenvalue weighted by atomic mass is 16.5. The molecule has 2 N–H and O–H groups in total. The number of ether oxygens (including phenoxy) is 2. The summed E-state index contributed by atoms with van der Waals surface area (Å²) in [5, 5.41) is 3.98. The molecule has 1 atom stereocenters. The predicted octanol–water partition coefficient (Wildman–Crippen LogP) is 0.610. The van der Waals surface area contributed by atoms with E-state index in [1.165, 1.54) is 0 Å². The van der Waals surface area contributed by atoms with Gasteiger partial charge in [-0.3, -0.25) is 0 Å². The Hall–Kier alpha value is -0.980. The van der Waals surface area contributed by atoms with E-state index in [1.807, 2.05) is 0 Å². The first-order chi connectivity index (χ1) is 7.85. The SMILES string of the molecule is COC(CN)c1nc(C2CCOCC2)no1. The maximum atomic E-state index is 5.53. The van der Waals surface area contributed by atoms with Gasteiger partial charge in [0, 0.05) is 32.8 Å². The molecule has 2 rings (SSSR count). The second-order valence-electron chi connectivity index (χ2n) is 3.84. The van der Waals surface area contributed by atoms with Crippen LogP contribution in [0.1, 0.15) is 36.6 Å². The van der Waals surface area contributed by atoms with Crippen LogP contribution in [0.3, 0.4) is 0 Å². The molecule has 0 aliphatic carbocycles. The van der Waals surface area contributed by atoms with Gasteiger partial charge in [0.05, 0.1) is 0 Å². The smallest absolute Gasteiger partial charge is 0.257 e. The lowest BCUT2D eigenvalue weighted by Gasteiger charge is -2.18. The fourth-order valence-electron chi connectivity index (χ4n) is 1.80. The van der Waals surface area contributed by atoms with Crippen LogP contribution in [-0.4, -0.2) is 37.0 Å². The van der Waals surface area contributed by atoms with Crippen molar-refractivity contribution in [2.45, 2.75) is 24.9 Å². The van der Waals surface area contributed by atoms with Crippen LogP contribution < -0.4 is 5.73 Å². The minimum absolute atomic E-state index is 0.305. The van der Waals surface area contributed by atoms with Gasteiger partial charge in [-0.15, -0.1) is 0 Å². The number of hydrogen-bond acceptors (Lipinski definition) is 6. The molecule has 16 heavy (non-hydrogen) atoms. The van der Waals surface area contributed by atoms with Gasteiger partial charge in [0.1, 0.15) is 6.10 Å². The summed E-state index contributed by atoms with van der Waals surface area (Å²) in [5.41, 5.74) is 5.53. The van der Waals surface area contributed by atoms with Gasteiger partial charge in [0.15, 0.2) is 5.82 Å². The van der Waals surface area contributed by atoms with Crippen LogP contribution in [-0.2, 0) is 9.47 Å². The summed E-state index contributed by atoms with van der Waals surface area (Å²) in [4.78, 5) is 4.34. The van der Waals surface area contributed by atoms with Crippen molar-refractivity contribution < 1.29 is 14.0 Å². The van der Waals surface area contributed by atoms with Crippen LogP contribution in [0.15, 0.2) is 4.52 Å². The molecule has 0 bridgehead atoms. The van der Waals surface area contributed by atoms with Gasteiger partial charge >= 0.3 is 0 Å². The van der Waals surface area contributed by atoms with Crippen LogP contribution in [0, 0.1) is 0 Å². The van der Waals surface area contributed by atoms with Crippen molar-refractivity contribution in [2.24, 2.45) is 5.73 Å². The van der Waals surface area contributed by atoms with Crippen LogP contribution >= 0.6 is 0 Å². The van der Waals surface area contributed by atoms with E-state index in [1.54, 1.807) is 7.11 Å². The predicted molar refractivity (Wildman–Crippen MR) is 55.9 cm³/mol. The van der Waals surface area contributed by atoms with Gasteiger partial charge in [0.2, 0.25) is 0 Å². The Kier molecular flexibility index (Phi) is 3.87. The second kappa shape index (κ2) is 5.38. The van der Waals surface area contributed by atoms with Gasteiger partial charge in [-0.25, -0.2) is 0 Å². The lowest BCUT2D eigenvalue weighted by Crippen LogP contribution is -2.16. The molecule has 1 aromatic heterocycles. The fourth-order valence-corrected chi connectivity index (χ4v) is 1.80. The summed E-state index contributed by atoms with van der Waals surface area (Å²) in [6.45, 7) is 1.87. The molecule has 0 radical (unpaired) electrons. The normalized spacial score (nSPS) is 19.9. The molecule has 0 saturated carbocycles. The van der Waals surface area contributed by atoms with Crippen molar-refractivity contribution in [1.82, 2.24) is 10.1 Å². The molecule has 1 fully saturated rings. The molecule has 6 nitrogen and oxygen atoms in total. The standard InChI is InChI=1S/C10H17N3O3/c1-14-8(6-11)10-12-9(13-16-10)7-2-4-15-5-3-7/h7-8H,2-6,11H2,1H3. The van der Waals surface area contributed by atoms with E-state index >= 15 is 0 Å². The van der Waals surface area contributed by atoms with E-state index in [0.29, 0.717) is 18.4 Å². The van der Waals surface area contributed by atoms with Crippen LogP contribution in [0.5, 0.6) is 0 Å². The van der Waals surface area contributed by atoms with E-state index < -0.39 is 0 Å². The zero-order valence-corrected chi connectivity index (χ0v) is 9.39. The highest BCUT2D eigenvalue weighted by Gasteiger charge is 2.23. The molecule has 6 heteroatoms. The minimum atomic E-state index is -0.305. The molecule has 1 saturated heterocycles. The van der Waals surface area contributed by atoms with Crippen LogP contribution in [0.2, 0.25) is 0 Å². The Morgan fingerprint density at radius 1 is 1.50 bits per heavy atom. The topological polar surface area (TPSA) is 83.4 Å². The minimum Gasteiger partial charge on any atom is -0.381 e. The quantitative estimate of drug-likeness (QED) is 0.811. The summed E-state index contributed by atoms with van der Waals surface area (Å²) >= 11 is 0. The molecule has 1 unspecified atom stereocenters. The molecule has 0 spiro atoms. The van der Waals surface area contributed by atoms with Gasteiger partial charge in [-0.05, 0) is 12.8 Å². The third-order valence-electron chi connectivity index (χ3n) is 2.82. The van der Waals surface area contributed by atoms with E-state index in [0.717, 1.165) is 31.9 Å². The van der Waals surface area contributed by atoms with E-state index in [2.05, 4.69) is 10.1 Å². The number of aromatic nitrogens is 2. The fraction of sp³-hybridized carbons (Fsp3) is 0.800. The first-order valence-electron chi connectivity index (χ1n) is 5.49. The number of nitrogens with two attached hydrogens (primary N) is 1. The zero-order chi connectivity index (χ0) is 11.4. The molecular weight excluding hydrogens is 210 g/mol. The molecule has 2 heterocycles. The van der Waals surface area contributed by atoms with Crippen molar-refractivity contribution >= 4 is 0 Å². The monoisotopic (exact) mass is 227 g/mol. The van der Waals surface area contributed by atoms with Crippen molar-refractivity contribution in [3.05, 3.63) is 11.7 Å². The van der Waals surface area contributed by atoms with Gasteiger partial charge in [-0.2, -0.15) is 4.98 Å². The summed E-state index contributed by atoms with van der Waals surface area (Å²) in [6, 6.07) is 0. The molecule has 1 aliphatic rings. The van der Waals surface area contributed by atoms with Gasteiger partial charge in [-0.1, -0.05) is 5.16 Å². The summed E-state index contributed by atoms with van der Waals surface area (Å²) < 4.78 is 15.6. The Morgan fingerprint density at radius 3 is 2.88 bits per heavy atom. The van der Waals surface area contributed by atoms with E-state index in [9.17, 15) is 0 Å². The number of nitrogens with zero attached hydrogens (tertiary/aromatic N) is 2.